The summed E-state index contributed by atoms with van der Waals surface area (Å²) in [5.41, 5.74) is 1.86. The summed E-state index contributed by atoms with van der Waals surface area (Å²) in [5, 5.41) is 0. The molecule has 0 bridgehead atoms. The van der Waals surface area contributed by atoms with Gasteiger partial charge in [0.25, 0.3) is 0 Å². The molecule has 2 heterocycles. The molecule has 1 saturated heterocycles. The van der Waals surface area contributed by atoms with Crippen LogP contribution in [0.2, 0.25) is 0 Å². The molecule has 0 amide bonds. The summed E-state index contributed by atoms with van der Waals surface area (Å²) in [6, 6.07) is 10.8. The molecule has 0 radical (unpaired) electrons. The topological polar surface area (TPSA) is 59.5 Å². The number of hydrogen-bond donors (Lipinski definition) is 0. The number of sulfonamides is 1. The third-order valence-electron chi connectivity index (χ3n) is 4.46. The molecule has 1 aliphatic heterocycles. The Hall–Kier alpha value is -1.92. The van der Waals surface area contributed by atoms with Crippen LogP contribution in [0.15, 0.2) is 47.5 Å². The summed E-state index contributed by atoms with van der Waals surface area (Å²) in [6.07, 6.45) is 3.55. The average molecular weight is 360 g/mol. The number of benzene rings is 1. The Bertz CT molecular complexity index is 836. The molecule has 1 aromatic carbocycles. The molecular formula is C19H24N2O3S. The molecule has 1 fully saturated rings. The van der Waals surface area contributed by atoms with Gasteiger partial charge in [0, 0.05) is 37.0 Å². The van der Waals surface area contributed by atoms with Gasteiger partial charge in [-0.3, -0.25) is 4.98 Å². The van der Waals surface area contributed by atoms with E-state index in [9.17, 15) is 8.42 Å². The zero-order valence-corrected chi connectivity index (χ0v) is 15.5. The molecule has 1 unspecified atom stereocenters. The molecule has 0 saturated carbocycles. The van der Waals surface area contributed by atoms with E-state index in [0.717, 1.165) is 29.8 Å². The summed E-state index contributed by atoms with van der Waals surface area (Å²) in [5.74, 6) is 0.980. The van der Waals surface area contributed by atoms with Crippen LogP contribution in [0.4, 0.5) is 0 Å². The monoisotopic (exact) mass is 360 g/mol. The van der Waals surface area contributed by atoms with Crippen LogP contribution >= 0.6 is 0 Å². The maximum absolute atomic E-state index is 12.9. The minimum atomic E-state index is -3.44. The predicted octanol–water partition coefficient (Wildman–Crippen LogP) is 3.18. The van der Waals surface area contributed by atoms with E-state index in [1.165, 1.54) is 0 Å². The minimum absolute atomic E-state index is 0.196. The van der Waals surface area contributed by atoms with Crippen LogP contribution in [-0.2, 0) is 10.0 Å². The molecule has 1 aliphatic rings. The highest BCUT2D eigenvalue weighted by atomic mass is 32.2. The number of aromatic nitrogens is 1. The van der Waals surface area contributed by atoms with Gasteiger partial charge in [-0.15, -0.1) is 0 Å². The van der Waals surface area contributed by atoms with E-state index in [-0.39, 0.29) is 5.92 Å². The fourth-order valence-electron chi connectivity index (χ4n) is 3.13. The maximum atomic E-state index is 12.9. The van der Waals surface area contributed by atoms with E-state index in [2.05, 4.69) is 4.98 Å². The SMILES string of the molecule is Cc1cccc(S(=O)(=O)N2CCCC(COc3ccnc(C)c3)C2)c1. The van der Waals surface area contributed by atoms with Gasteiger partial charge < -0.3 is 4.74 Å². The van der Waals surface area contributed by atoms with Crippen LogP contribution in [0.1, 0.15) is 24.1 Å². The summed E-state index contributed by atoms with van der Waals surface area (Å²) < 4.78 is 33.2. The van der Waals surface area contributed by atoms with Gasteiger partial charge in [0.05, 0.1) is 11.5 Å². The zero-order chi connectivity index (χ0) is 17.9. The van der Waals surface area contributed by atoms with Crippen LogP contribution in [0.5, 0.6) is 5.75 Å². The molecule has 0 N–H and O–H groups in total. The number of aryl methyl sites for hydroxylation is 2. The lowest BCUT2D eigenvalue weighted by Gasteiger charge is -2.31. The highest BCUT2D eigenvalue weighted by molar-refractivity contribution is 7.89. The van der Waals surface area contributed by atoms with Crippen LogP contribution in [0.3, 0.4) is 0 Å². The van der Waals surface area contributed by atoms with Crippen molar-refractivity contribution >= 4 is 10.0 Å². The van der Waals surface area contributed by atoms with E-state index in [1.807, 2.05) is 32.0 Å². The zero-order valence-electron chi connectivity index (χ0n) is 14.7. The minimum Gasteiger partial charge on any atom is -0.493 e. The predicted molar refractivity (Wildman–Crippen MR) is 97.1 cm³/mol. The van der Waals surface area contributed by atoms with Gasteiger partial charge in [-0.25, -0.2) is 8.42 Å². The molecule has 0 spiro atoms. The van der Waals surface area contributed by atoms with Crippen LogP contribution < -0.4 is 4.74 Å². The van der Waals surface area contributed by atoms with Crippen molar-refractivity contribution in [2.75, 3.05) is 19.7 Å². The first-order valence-corrected chi connectivity index (χ1v) is 10.0. The molecule has 25 heavy (non-hydrogen) atoms. The van der Waals surface area contributed by atoms with Crippen molar-refractivity contribution in [1.29, 1.82) is 0 Å². The molecule has 3 rings (SSSR count). The van der Waals surface area contributed by atoms with Gasteiger partial charge in [0.2, 0.25) is 10.0 Å². The lowest BCUT2D eigenvalue weighted by atomic mass is 10.0. The second kappa shape index (κ2) is 7.54. The summed E-state index contributed by atoms with van der Waals surface area (Å²) in [4.78, 5) is 4.53. The lowest BCUT2D eigenvalue weighted by Crippen LogP contribution is -2.41. The third-order valence-corrected chi connectivity index (χ3v) is 6.32. The van der Waals surface area contributed by atoms with E-state index in [4.69, 9.17) is 4.74 Å². The Kier molecular flexibility index (Phi) is 5.39. The molecule has 6 heteroatoms. The summed E-state index contributed by atoms with van der Waals surface area (Å²) in [7, 11) is -3.44. The van der Waals surface area contributed by atoms with Crippen molar-refractivity contribution in [2.24, 2.45) is 5.92 Å². The van der Waals surface area contributed by atoms with Crippen LogP contribution in [0.25, 0.3) is 0 Å². The normalized spacial score (nSPS) is 18.9. The van der Waals surface area contributed by atoms with Gasteiger partial charge in [-0.1, -0.05) is 12.1 Å². The second-order valence-corrected chi connectivity index (χ2v) is 8.57. The van der Waals surface area contributed by atoms with Crippen molar-refractivity contribution in [1.82, 2.24) is 9.29 Å². The highest BCUT2D eigenvalue weighted by Crippen LogP contribution is 2.25. The van der Waals surface area contributed by atoms with E-state index >= 15 is 0 Å². The Morgan fingerprint density at radius 3 is 2.84 bits per heavy atom. The Morgan fingerprint density at radius 2 is 2.08 bits per heavy atom. The van der Waals surface area contributed by atoms with Crippen molar-refractivity contribution in [3.05, 3.63) is 53.9 Å². The van der Waals surface area contributed by atoms with Crippen LogP contribution in [0, 0.1) is 19.8 Å². The number of hydrogen-bond acceptors (Lipinski definition) is 4. The van der Waals surface area contributed by atoms with Crippen LogP contribution in [-0.4, -0.2) is 37.4 Å². The Morgan fingerprint density at radius 1 is 1.24 bits per heavy atom. The van der Waals surface area contributed by atoms with Crippen molar-refractivity contribution in [3.8, 4) is 5.75 Å². The molecule has 1 atom stereocenters. The van der Waals surface area contributed by atoms with E-state index in [1.54, 1.807) is 28.7 Å². The third kappa shape index (κ3) is 4.38. The van der Waals surface area contributed by atoms with Crippen molar-refractivity contribution in [3.63, 3.8) is 0 Å². The van der Waals surface area contributed by atoms with Crippen molar-refractivity contribution < 1.29 is 13.2 Å². The van der Waals surface area contributed by atoms with Crippen molar-refractivity contribution in [2.45, 2.75) is 31.6 Å². The first kappa shape index (κ1) is 17.9. The number of rotatable bonds is 5. The first-order valence-electron chi connectivity index (χ1n) is 8.57. The molecule has 0 aliphatic carbocycles. The first-order chi connectivity index (χ1) is 11.9. The molecule has 5 nitrogen and oxygen atoms in total. The Labute approximate surface area is 149 Å². The number of nitrogens with zero attached hydrogens (tertiary/aromatic N) is 2. The lowest BCUT2D eigenvalue weighted by molar-refractivity contribution is 0.180. The number of ether oxygens (including phenoxy) is 1. The summed E-state index contributed by atoms with van der Waals surface area (Å²) in [6.45, 7) is 5.41. The van der Waals surface area contributed by atoms with E-state index in [0.29, 0.717) is 24.6 Å². The van der Waals surface area contributed by atoms with E-state index < -0.39 is 10.0 Å². The summed E-state index contributed by atoms with van der Waals surface area (Å²) >= 11 is 0. The largest absolute Gasteiger partial charge is 0.493 e. The molecule has 1 aromatic heterocycles. The molecule has 2 aromatic rings. The number of piperidine rings is 1. The Balaban J connectivity index is 1.66. The van der Waals surface area contributed by atoms with Gasteiger partial charge in [-0.05, 0) is 50.5 Å². The smallest absolute Gasteiger partial charge is 0.243 e. The maximum Gasteiger partial charge on any atom is 0.243 e. The fourth-order valence-corrected chi connectivity index (χ4v) is 4.79. The van der Waals surface area contributed by atoms with Gasteiger partial charge in [0.15, 0.2) is 0 Å². The average Bonchev–Trinajstić information content (AvgIpc) is 2.60. The van der Waals surface area contributed by atoms with Gasteiger partial charge >= 0.3 is 0 Å². The number of pyridine rings is 1. The standard InChI is InChI=1S/C19H24N2O3S/c1-15-5-3-7-19(11-15)25(22,23)21-10-4-6-17(13-21)14-24-18-8-9-20-16(2)12-18/h3,5,7-9,11-12,17H,4,6,10,13-14H2,1-2H3. The van der Waals surface area contributed by atoms with Gasteiger partial charge in [0.1, 0.15) is 5.75 Å². The molecule has 134 valence electrons. The quantitative estimate of drug-likeness (QED) is 0.822. The fraction of sp³-hybridized carbons (Fsp3) is 0.421. The second-order valence-electron chi connectivity index (χ2n) is 6.63. The van der Waals surface area contributed by atoms with Gasteiger partial charge in [-0.2, -0.15) is 4.31 Å². The molecular weight excluding hydrogens is 336 g/mol. The highest BCUT2D eigenvalue weighted by Gasteiger charge is 2.30.